The zero-order valence-corrected chi connectivity index (χ0v) is 16.6. The van der Waals surface area contributed by atoms with Crippen molar-refractivity contribution in [1.82, 2.24) is 13.9 Å². The summed E-state index contributed by atoms with van der Waals surface area (Å²) in [7, 11) is 0. The highest BCUT2D eigenvalue weighted by Gasteiger charge is 2.37. The summed E-state index contributed by atoms with van der Waals surface area (Å²) in [6.07, 6.45) is 2.99. The molecule has 0 aliphatic carbocycles. The van der Waals surface area contributed by atoms with E-state index in [1.807, 2.05) is 25.1 Å². The molecule has 146 valence electrons. The van der Waals surface area contributed by atoms with Crippen molar-refractivity contribution < 1.29 is 5.11 Å². The number of hydrogen-bond acceptors (Lipinski definition) is 3. The lowest BCUT2D eigenvalue weighted by molar-refractivity contribution is 0.0151. The Hall–Kier alpha value is -2.34. The van der Waals surface area contributed by atoms with Gasteiger partial charge in [-0.25, -0.2) is 23.5 Å². The molecule has 1 aliphatic heterocycles. The average molecular weight is 371 g/mol. The minimum atomic E-state index is -0.760. The van der Waals surface area contributed by atoms with Gasteiger partial charge in [0.05, 0.1) is 23.9 Å². The number of aliphatic hydroxyl groups is 1. The Kier molecular flexibility index (Phi) is 5.29. The first-order valence-corrected chi connectivity index (χ1v) is 9.63. The van der Waals surface area contributed by atoms with Gasteiger partial charge >= 0.3 is 11.4 Å². The van der Waals surface area contributed by atoms with Crippen molar-refractivity contribution >= 4 is 0 Å². The SMILES string of the molecule is CC(C)C(C(C)C)C(O)C1C=CC(C)n2c(=O)n(-c3ccccc3)c(=O)n21. The van der Waals surface area contributed by atoms with Crippen LogP contribution in [0, 0.1) is 17.8 Å². The van der Waals surface area contributed by atoms with Gasteiger partial charge in [-0.15, -0.1) is 0 Å². The van der Waals surface area contributed by atoms with Gasteiger partial charge in [0.2, 0.25) is 0 Å². The highest BCUT2D eigenvalue weighted by Crippen LogP contribution is 2.32. The zero-order valence-electron chi connectivity index (χ0n) is 16.6. The van der Waals surface area contributed by atoms with Crippen LogP contribution in [0.3, 0.4) is 0 Å². The van der Waals surface area contributed by atoms with Crippen LogP contribution in [0.2, 0.25) is 0 Å². The zero-order chi connectivity index (χ0) is 19.9. The highest BCUT2D eigenvalue weighted by atomic mass is 16.3. The van der Waals surface area contributed by atoms with Crippen LogP contribution in [0.1, 0.15) is 46.7 Å². The Labute approximate surface area is 159 Å². The summed E-state index contributed by atoms with van der Waals surface area (Å²) >= 11 is 0. The van der Waals surface area contributed by atoms with Gasteiger partial charge in [-0.3, -0.25) is 0 Å². The molecule has 3 rings (SSSR count). The third-order valence-corrected chi connectivity index (χ3v) is 5.56. The second-order valence-corrected chi connectivity index (χ2v) is 8.10. The van der Waals surface area contributed by atoms with E-state index in [2.05, 4.69) is 27.7 Å². The molecule has 0 spiro atoms. The summed E-state index contributed by atoms with van der Waals surface area (Å²) in [4.78, 5) is 26.3. The van der Waals surface area contributed by atoms with Gasteiger partial charge in [0.25, 0.3) is 0 Å². The van der Waals surface area contributed by atoms with Crippen LogP contribution in [0.25, 0.3) is 5.69 Å². The fourth-order valence-corrected chi connectivity index (χ4v) is 4.39. The van der Waals surface area contributed by atoms with Gasteiger partial charge in [-0.05, 0) is 36.8 Å². The van der Waals surface area contributed by atoms with Gasteiger partial charge in [0.1, 0.15) is 0 Å². The summed E-state index contributed by atoms with van der Waals surface area (Å²) in [5, 5.41) is 11.2. The predicted octanol–water partition coefficient (Wildman–Crippen LogP) is 2.76. The van der Waals surface area contributed by atoms with Crippen LogP contribution < -0.4 is 11.4 Å². The average Bonchev–Trinajstić information content (AvgIpc) is 2.87. The van der Waals surface area contributed by atoms with E-state index in [0.717, 1.165) is 0 Å². The van der Waals surface area contributed by atoms with Gasteiger partial charge < -0.3 is 5.11 Å². The molecule has 27 heavy (non-hydrogen) atoms. The first-order chi connectivity index (χ1) is 12.8. The Morgan fingerprint density at radius 2 is 1.44 bits per heavy atom. The number of hydrogen-bond donors (Lipinski definition) is 1. The molecule has 6 nitrogen and oxygen atoms in total. The van der Waals surface area contributed by atoms with E-state index in [-0.39, 0.29) is 29.5 Å². The molecule has 3 atom stereocenters. The van der Waals surface area contributed by atoms with E-state index in [9.17, 15) is 14.7 Å². The van der Waals surface area contributed by atoms with Gasteiger partial charge in [0.15, 0.2) is 0 Å². The molecule has 1 aromatic carbocycles. The number of fused-ring (bicyclic) bond motifs is 1. The lowest BCUT2D eigenvalue weighted by Crippen LogP contribution is -2.44. The maximum Gasteiger partial charge on any atom is 0.352 e. The largest absolute Gasteiger partial charge is 0.390 e. The van der Waals surface area contributed by atoms with Crippen LogP contribution >= 0.6 is 0 Å². The lowest BCUT2D eigenvalue weighted by atomic mass is 9.78. The van der Waals surface area contributed by atoms with Crippen LogP contribution in [0.5, 0.6) is 0 Å². The second kappa shape index (κ2) is 7.35. The Bertz CT molecular complexity index is 926. The molecule has 2 heterocycles. The summed E-state index contributed by atoms with van der Waals surface area (Å²) in [5.74, 6) is 0.503. The highest BCUT2D eigenvalue weighted by molar-refractivity contribution is 5.31. The van der Waals surface area contributed by atoms with Crippen molar-refractivity contribution in [3.63, 3.8) is 0 Å². The number of rotatable bonds is 5. The molecule has 2 aromatic rings. The van der Waals surface area contributed by atoms with Crippen LogP contribution in [0.4, 0.5) is 0 Å². The molecule has 0 radical (unpaired) electrons. The molecule has 0 saturated carbocycles. The van der Waals surface area contributed by atoms with Crippen molar-refractivity contribution in [2.45, 2.75) is 52.8 Å². The molecule has 0 saturated heterocycles. The minimum absolute atomic E-state index is 0.00332. The summed E-state index contributed by atoms with van der Waals surface area (Å²) < 4.78 is 4.08. The lowest BCUT2D eigenvalue weighted by Gasteiger charge is -2.36. The third-order valence-electron chi connectivity index (χ3n) is 5.56. The molecule has 1 aliphatic rings. The van der Waals surface area contributed by atoms with Crippen LogP contribution in [0.15, 0.2) is 52.1 Å². The molecule has 0 fully saturated rings. The standard InChI is InChI=1S/C21H29N3O3/c1-13(2)18(14(3)4)19(25)17-12-11-15(5)23-20(26)22(21(27)24(17)23)16-9-7-6-8-10-16/h6-15,17-19,25H,1-5H3. The van der Waals surface area contributed by atoms with E-state index in [1.54, 1.807) is 24.3 Å². The Morgan fingerprint density at radius 3 is 2.00 bits per heavy atom. The molecule has 3 unspecified atom stereocenters. The van der Waals surface area contributed by atoms with Crippen molar-refractivity contribution in [2.24, 2.45) is 17.8 Å². The molecule has 1 aromatic heterocycles. The van der Waals surface area contributed by atoms with E-state index in [4.69, 9.17) is 0 Å². The maximum absolute atomic E-state index is 13.2. The summed E-state index contributed by atoms with van der Waals surface area (Å²) in [6.45, 7) is 10.2. The minimum Gasteiger partial charge on any atom is -0.390 e. The fraction of sp³-hybridized carbons (Fsp3) is 0.524. The summed E-state index contributed by atoms with van der Waals surface area (Å²) in [5.41, 5.74) is -0.268. The number of benzene rings is 1. The van der Waals surface area contributed by atoms with Crippen molar-refractivity contribution in [1.29, 1.82) is 0 Å². The van der Waals surface area contributed by atoms with Crippen molar-refractivity contribution in [3.8, 4) is 5.69 Å². The number of para-hydroxylation sites is 1. The van der Waals surface area contributed by atoms with E-state index < -0.39 is 17.8 Å². The van der Waals surface area contributed by atoms with Crippen molar-refractivity contribution in [2.75, 3.05) is 0 Å². The molecule has 0 bridgehead atoms. The molecule has 6 heteroatoms. The normalized spacial score (nSPS) is 20.5. The molecule has 0 amide bonds. The smallest absolute Gasteiger partial charge is 0.352 e. The third kappa shape index (κ3) is 3.23. The predicted molar refractivity (Wildman–Crippen MR) is 106 cm³/mol. The van der Waals surface area contributed by atoms with E-state index in [1.165, 1.54) is 13.9 Å². The quantitative estimate of drug-likeness (QED) is 0.822. The van der Waals surface area contributed by atoms with E-state index >= 15 is 0 Å². The number of aliphatic hydroxyl groups excluding tert-OH is 1. The van der Waals surface area contributed by atoms with Gasteiger partial charge in [0, 0.05) is 0 Å². The monoisotopic (exact) mass is 371 g/mol. The molecule has 1 N–H and O–H groups in total. The van der Waals surface area contributed by atoms with Crippen LogP contribution in [-0.2, 0) is 0 Å². The fourth-order valence-electron chi connectivity index (χ4n) is 4.39. The van der Waals surface area contributed by atoms with Crippen molar-refractivity contribution in [3.05, 3.63) is 63.5 Å². The van der Waals surface area contributed by atoms with Gasteiger partial charge in [-0.1, -0.05) is 58.0 Å². The number of aromatic nitrogens is 3. The number of allylic oxidation sites excluding steroid dienone is 1. The maximum atomic E-state index is 13.2. The second-order valence-electron chi connectivity index (χ2n) is 8.10. The van der Waals surface area contributed by atoms with E-state index in [0.29, 0.717) is 5.69 Å². The first-order valence-electron chi connectivity index (χ1n) is 9.63. The summed E-state index contributed by atoms with van der Waals surface area (Å²) in [6, 6.07) is 8.09. The topological polar surface area (TPSA) is 69.2 Å². The van der Waals surface area contributed by atoms with Crippen LogP contribution in [-0.4, -0.2) is 25.1 Å². The first kappa shape index (κ1) is 19.4. The van der Waals surface area contributed by atoms with Gasteiger partial charge in [-0.2, -0.15) is 0 Å². The number of nitrogens with zero attached hydrogens (tertiary/aromatic N) is 3. The Balaban J connectivity index is 2.18. The molecular formula is C21H29N3O3. The molecular weight excluding hydrogens is 342 g/mol. The Morgan fingerprint density at radius 1 is 0.889 bits per heavy atom.